The van der Waals surface area contributed by atoms with Crippen LogP contribution in [0.3, 0.4) is 0 Å². The molecule has 0 aromatic heterocycles. The zero-order chi connectivity index (χ0) is 31.0. The fraction of sp³-hybridized carbons (Fsp3) is 0.394. The first-order valence-corrected chi connectivity index (χ1v) is 16.1. The van der Waals surface area contributed by atoms with Gasteiger partial charge in [-0.15, -0.1) is 0 Å². The lowest BCUT2D eigenvalue weighted by Gasteiger charge is -2.32. The highest BCUT2D eigenvalue weighted by Gasteiger charge is 2.33. The van der Waals surface area contributed by atoms with Gasteiger partial charge in [0.2, 0.25) is 11.8 Å². The van der Waals surface area contributed by atoms with Crippen LogP contribution in [0, 0.1) is 6.92 Å². The van der Waals surface area contributed by atoms with Gasteiger partial charge in [0, 0.05) is 12.6 Å². The van der Waals surface area contributed by atoms with Crippen molar-refractivity contribution in [1.29, 1.82) is 0 Å². The first-order chi connectivity index (χ1) is 20.6. The number of hydrogen-bond acceptors (Lipinski definition) is 6. The van der Waals surface area contributed by atoms with Crippen molar-refractivity contribution < 1.29 is 27.5 Å². The van der Waals surface area contributed by atoms with Crippen LogP contribution in [-0.4, -0.2) is 57.5 Å². The van der Waals surface area contributed by atoms with Crippen LogP contribution in [0.15, 0.2) is 77.7 Å². The third kappa shape index (κ3) is 8.07. The summed E-state index contributed by atoms with van der Waals surface area (Å²) >= 11 is 0. The van der Waals surface area contributed by atoms with Gasteiger partial charge in [-0.2, -0.15) is 0 Å². The molecule has 0 bridgehead atoms. The van der Waals surface area contributed by atoms with Crippen molar-refractivity contribution in [3.63, 3.8) is 0 Å². The third-order valence-electron chi connectivity index (χ3n) is 7.70. The quantitative estimate of drug-likeness (QED) is 0.291. The molecule has 9 nitrogen and oxygen atoms in total. The lowest BCUT2D eigenvalue weighted by molar-refractivity contribution is -0.139. The second-order valence-corrected chi connectivity index (χ2v) is 12.6. The fourth-order valence-electron chi connectivity index (χ4n) is 5.14. The molecule has 2 amide bonds. The Morgan fingerprint density at radius 3 is 2.12 bits per heavy atom. The molecule has 10 heteroatoms. The number of anilines is 1. The number of methoxy groups -OCH3 is 1. The van der Waals surface area contributed by atoms with E-state index in [1.54, 1.807) is 62.6 Å². The zero-order valence-electron chi connectivity index (χ0n) is 25.3. The van der Waals surface area contributed by atoms with Crippen molar-refractivity contribution in [3.05, 3.63) is 83.9 Å². The van der Waals surface area contributed by atoms with E-state index in [0.717, 1.165) is 41.1 Å². The second-order valence-electron chi connectivity index (χ2n) is 10.8. The number of ether oxygens (including phenoxy) is 2. The lowest BCUT2D eigenvalue weighted by Crippen LogP contribution is -2.52. The Balaban J connectivity index is 1.67. The van der Waals surface area contributed by atoms with E-state index in [2.05, 4.69) is 5.32 Å². The first-order valence-electron chi connectivity index (χ1n) is 14.7. The summed E-state index contributed by atoms with van der Waals surface area (Å²) in [5.41, 5.74) is 2.08. The zero-order valence-corrected chi connectivity index (χ0v) is 26.1. The number of nitrogens with zero attached hydrogens (tertiary/aromatic N) is 2. The van der Waals surface area contributed by atoms with E-state index >= 15 is 0 Å². The van der Waals surface area contributed by atoms with E-state index in [0.29, 0.717) is 23.8 Å². The average Bonchev–Trinajstić information content (AvgIpc) is 3.52. The highest BCUT2D eigenvalue weighted by atomic mass is 32.2. The Kier molecular flexibility index (Phi) is 10.7. The van der Waals surface area contributed by atoms with Crippen LogP contribution in [0.5, 0.6) is 11.5 Å². The van der Waals surface area contributed by atoms with Gasteiger partial charge in [-0.1, -0.05) is 42.7 Å². The fourth-order valence-corrected chi connectivity index (χ4v) is 6.56. The molecule has 0 heterocycles. The maximum atomic E-state index is 14.1. The van der Waals surface area contributed by atoms with Crippen molar-refractivity contribution >= 4 is 27.5 Å². The Morgan fingerprint density at radius 1 is 0.930 bits per heavy atom. The average molecular weight is 608 g/mol. The number of rotatable bonds is 13. The van der Waals surface area contributed by atoms with E-state index in [4.69, 9.17) is 9.47 Å². The predicted octanol–water partition coefficient (Wildman–Crippen LogP) is 5.07. The largest absolute Gasteiger partial charge is 0.497 e. The normalized spacial score (nSPS) is 14.1. The molecule has 4 rings (SSSR count). The number of hydrogen-bond donors (Lipinski definition) is 1. The molecular formula is C33H41N3O6S. The van der Waals surface area contributed by atoms with Crippen LogP contribution >= 0.6 is 0 Å². The van der Waals surface area contributed by atoms with Crippen LogP contribution in [0.2, 0.25) is 0 Å². The minimum Gasteiger partial charge on any atom is -0.497 e. The molecule has 0 aliphatic heterocycles. The molecule has 1 N–H and O–H groups in total. The van der Waals surface area contributed by atoms with Gasteiger partial charge in [0.05, 0.1) is 24.3 Å². The lowest BCUT2D eigenvalue weighted by atomic mass is 10.1. The molecule has 3 aromatic carbocycles. The molecule has 3 aromatic rings. The van der Waals surface area contributed by atoms with E-state index in [1.165, 1.54) is 17.0 Å². The predicted molar refractivity (Wildman–Crippen MR) is 167 cm³/mol. The summed E-state index contributed by atoms with van der Waals surface area (Å²) in [6.45, 7) is 5.52. The monoisotopic (exact) mass is 607 g/mol. The van der Waals surface area contributed by atoms with E-state index in [1.807, 2.05) is 26.0 Å². The minimum absolute atomic E-state index is 0.0260. The van der Waals surface area contributed by atoms with Crippen molar-refractivity contribution in [1.82, 2.24) is 10.2 Å². The van der Waals surface area contributed by atoms with Gasteiger partial charge in [-0.05, 0) is 87.7 Å². The maximum absolute atomic E-state index is 14.1. The molecular weight excluding hydrogens is 566 g/mol. The number of carbonyl (C=O) groups is 2. The van der Waals surface area contributed by atoms with Crippen LogP contribution in [0.25, 0.3) is 0 Å². The van der Waals surface area contributed by atoms with E-state index in [-0.39, 0.29) is 23.4 Å². The molecule has 0 saturated heterocycles. The molecule has 230 valence electrons. The highest BCUT2D eigenvalue weighted by molar-refractivity contribution is 7.92. The molecule has 1 unspecified atom stereocenters. The van der Waals surface area contributed by atoms with Crippen molar-refractivity contribution in [2.45, 2.75) is 70.0 Å². The number of amides is 2. The maximum Gasteiger partial charge on any atom is 0.264 e. The van der Waals surface area contributed by atoms with Crippen LogP contribution < -0.4 is 19.1 Å². The molecule has 0 spiro atoms. The molecule has 1 aliphatic rings. The molecule has 1 saturated carbocycles. The van der Waals surface area contributed by atoms with Gasteiger partial charge in [0.25, 0.3) is 10.0 Å². The number of nitrogens with one attached hydrogen (secondary N) is 1. The second kappa shape index (κ2) is 14.4. The van der Waals surface area contributed by atoms with E-state index < -0.39 is 28.5 Å². The summed E-state index contributed by atoms with van der Waals surface area (Å²) in [4.78, 5) is 29.0. The van der Waals surface area contributed by atoms with Crippen molar-refractivity contribution in [2.24, 2.45) is 0 Å². The number of sulfonamides is 1. The van der Waals surface area contributed by atoms with Crippen LogP contribution in [-0.2, 0) is 26.2 Å². The van der Waals surface area contributed by atoms with Crippen molar-refractivity contribution in [2.75, 3.05) is 24.6 Å². The molecule has 43 heavy (non-hydrogen) atoms. The topological polar surface area (TPSA) is 105 Å². The van der Waals surface area contributed by atoms with Crippen molar-refractivity contribution in [3.8, 4) is 11.5 Å². The molecule has 1 fully saturated rings. The molecule has 1 atom stereocenters. The third-order valence-corrected chi connectivity index (χ3v) is 9.49. The SMILES string of the molecule is CCOc1ccc(S(=O)(=O)N(CC(=O)N(Cc2ccc(OC)cc2)C(C)C(=O)NC2CCCC2)c2ccc(C)cc2)cc1. The molecule has 0 radical (unpaired) electrons. The summed E-state index contributed by atoms with van der Waals surface area (Å²) in [6, 6.07) is 19.6. The smallest absolute Gasteiger partial charge is 0.264 e. The van der Waals surface area contributed by atoms with E-state index in [9.17, 15) is 18.0 Å². The summed E-state index contributed by atoms with van der Waals surface area (Å²) in [7, 11) is -2.59. The Morgan fingerprint density at radius 2 is 1.53 bits per heavy atom. The Bertz CT molecular complexity index is 1470. The number of aryl methyl sites for hydroxylation is 1. The van der Waals surface area contributed by atoms with Gasteiger partial charge in [-0.3, -0.25) is 13.9 Å². The molecule has 1 aliphatic carbocycles. The number of carbonyl (C=O) groups excluding carboxylic acids is 2. The first kappa shape index (κ1) is 31.9. The van der Waals surface area contributed by atoms with Gasteiger partial charge in [0.15, 0.2) is 0 Å². The highest BCUT2D eigenvalue weighted by Crippen LogP contribution is 2.27. The van der Waals surface area contributed by atoms with Gasteiger partial charge in [-0.25, -0.2) is 8.42 Å². The Hall–Kier alpha value is -4.05. The van der Waals surface area contributed by atoms with Gasteiger partial charge >= 0.3 is 0 Å². The summed E-state index contributed by atoms with van der Waals surface area (Å²) in [5.74, 6) is 0.456. The van der Waals surface area contributed by atoms with Crippen LogP contribution in [0.1, 0.15) is 50.7 Å². The standard InChI is InChI=1S/C33H41N3O6S/c1-5-42-30-18-20-31(21-19-30)43(39,40)36(28-14-10-24(2)11-15-28)23-32(37)35(22-26-12-16-29(41-4)17-13-26)25(3)33(38)34-27-8-6-7-9-27/h10-21,25,27H,5-9,22-23H2,1-4H3,(H,34,38). The van der Waals surface area contributed by atoms with Gasteiger partial charge < -0.3 is 19.7 Å². The Labute approximate surface area is 254 Å². The van der Waals surface area contributed by atoms with Gasteiger partial charge in [0.1, 0.15) is 24.1 Å². The summed E-state index contributed by atoms with van der Waals surface area (Å²) in [6.07, 6.45) is 3.93. The van der Waals surface area contributed by atoms with Crippen LogP contribution in [0.4, 0.5) is 5.69 Å². The summed E-state index contributed by atoms with van der Waals surface area (Å²) in [5, 5.41) is 3.08. The summed E-state index contributed by atoms with van der Waals surface area (Å²) < 4.78 is 39.9. The number of benzene rings is 3. The minimum atomic E-state index is -4.16.